The number of aryl methyl sites for hydroxylation is 1. The zero-order valence-electron chi connectivity index (χ0n) is 17.2. The second-order valence-corrected chi connectivity index (χ2v) is 8.38. The number of nitrogens with zero attached hydrogens (tertiary/aromatic N) is 1. The summed E-state index contributed by atoms with van der Waals surface area (Å²) in [6.45, 7) is 2.14. The van der Waals surface area contributed by atoms with Gasteiger partial charge >= 0.3 is 0 Å². The van der Waals surface area contributed by atoms with Crippen LogP contribution in [0.15, 0.2) is 97.1 Å². The molecule has 0 amide bonds. The van der Waals surface area contributed by atoms with Crippen molar-refractivity contribution in [2.75, 3.05) is 0 Å². The second-order valence-electron chi connectivity index (χ2n) is 8.38. The lowest BCUT2D eigenvalue weighted by molar-refractivity contribution is 1.18. The number of aromatic nitrogens is 2. The van der Waals surface area contributed by atoms with Crippen molar-refractivity contribution in [1.82, 2.24) is 9.55 Å². The lowest BCUT2D eigenvalue weighted by atomic mass is 9.99. The molecule has 2 aromatic heterocycles. The van der Waals surface area contributed by atoms with Crippen molar-refractivity contribution >= 4 is 54.4 Å². The Bertz CT molecular complexity index is 1780. The number of hydrogen-bond acceptors (Lipinski definition) is 0. The first-order valence-electron chi connectivity index (χ1n) is 10.7. The molecular formula is C29H20N2. The maximum absolute atomic E-state index is 3.73. The van der Waals surface area contributed by atoms with Crippen LogP contribution in [0.4, 0.5) is 0 Å². The average Bonchev–Trinajstić information content (AvgIpc) is 3.36. The second kappa shape index (κ2) is 5.99. The number of fused-ring (bicyclic) bond motifs is 10. The predicted octanol–water partition coefficient (Wildman–Crippen LogP) is 7.88. The Balaban J connectivity index is 1.86. The zero-order valence-corrected chi connectivity index (χ0v) is 17.2. The van der Waals surface area contributed by atoms with E-state index in [1.54, 1.807) is 0 Å². The molecule has 2 heterocycles. The molecule has 0 saturated heterocycles. The standard InChI is InChI=1S/C29H20N2/c1-18-14-16-19(17-15-18)31-25-13-7-5-11-23(25)27-26-22-10-4-6-12-24(22)30-28(26)20-8-2-3-9-21(20)29(27)31/h2-17,30H,1H3. The molecule has 2 nitrogen and oxygen atoms in total. The summed E-state index contributed by atoms with van der Waals surface area (Å²) < 4.78 is 2.44. The van der Waals surface area contributed by atoms with E-state index in [1.165, 1.54) is 65.6 Å². The third kappa shape index (κ3) is 2.17. The van der Waals surface area contributed by atoms with E-state index in [0.29, 0.717) is 0 Å². The summed E-state index contributed by atoms with van der Waals surface area (Å²) in [4.78, 5) is 3.73. The molecule has 0 atom stereocenters. The third-order valence-corrected chi connectivity index (χ3v) is 6.57. The van der Waals surface area contributed by atoms with Gasteiger partial charge in [-0.05, 0) is 31.2 Å². The van der Waals surface area contributed by atoms with Crippen LogP contribution in [-0.2, 0) is 0 Å². The summed E-state index contributed by atoms with van der Waals surface area (Å²) in [5.41, 5.74) is 7.38. The van der Waals surface area contributed by atoms with Crippen LogP contribution in [0, 0.1) is 6.92 Å². The smallest absolute Gasteiger partial charge is 0.0627 e. The molecule has 0 aliphatic rings. The molecule has 146 valence electrons. The fraction of sp³-hybridized carbons (Fsp3) is 0.0345. The summed E-state index contributed by atoms with van der Waals surface area (Å²) in [7, 11) is 0. The number of hydrogen-bond donors (Lipinski definition) is 1. The van der Waals surface area contributed by atoms with Gasteiger partial charge in [-0.15, -0.1) is 0 Å². The van der Waals surface area contributed by atoms with E-state index in [2.05, 4.69) is 114 Å². The highest BCUT2D eigenvalue weighted by Crippen LogP contribution is 2.44. The molecule has 0 radical (unpaired) electrons. The first-order valence-corrected chi connectivity index (χ1v) is 10.7. The van der Waals surface area contributed by atoms with Crippen LogP contribution in [0.25, 0.3) is 60.1 Å². The Morgan fingerprint density at radius 1 is 0.581 bits per heavy atom. The minimum absolute atomic E-state index is 1.18. The first-order chi connectivity index (χ1) is 15.3. The van der Waals surface area contributed by atoms with Gasteiger partial charge in [-0.25, -0.2) is 0 Å². The summed E-state index contributed by atoms with van der Waals surface area (Å²) in [6.07, 6.45) is 0. The van der Waals surface area contributed by atoms with Crippen molar-refractivity contribution in [2.45, 2.75) is 6.92 Å². The fourth-order valence-electron chi connectivity index (χ4n) is 5.22. The largest absolute Gasteiger partial charge is 0.354 e. The number of benzene rings is 5. The highest BCUT2D eigenvalue weighted by atomic mass is 15.0. The van der Waals surface area contributed by atoms with Crippen LogP contribution in [0.2, 0.25) is 0 Å². The van der Waals surface area contributed by atoms with Gasteiger partial charge in [0.1, 0.15) is 0 Å². The summed E-state index contributed by atoms with van der Waals surface area (Å²) in [5, 5.41) is 7.73. The van der Waals surface area contributed by atoms with Crippen molar-refractivity contribution in [3.8, 4) is 5.69 Å². The van der Waals surface area contributed by atoms with E-state index in [-0.39, 0.29) is 0 Å². The molecule has 1 N–H and O–H groups in total. The summed E-state index contributed by atoms with van der Waals surface area (Å²) >= 11 is 0. The minimum Gasteiger partial charge on any atom is -0.354 e. The molecule has 7 rings (SSSR count). The molecule has 0 spiro atoms. The van der Waals surface area contributed by atoms with E-state index in [9.17, 15) is 0 Å². The van der Waals surface area contributed by atoms with E-state index in [0.717, 1.165) is 0 Å². The van der Waals surface area contributed by atoms with Crippen LogP contribution in [0.5, 0.6) is 0 Å². The van der Waals surface area contributed by atoms with Crippen LogP contribution < -0.4 is 0 Å². The molecule has 5 aromatic carbocycles. The Kier molecular flexibility index (Phi) is 3.23. The molecule has 7 aromatic rings. The maximum atomic E-state index is 3.73. The van der Waals surface area contributed by atoms with Gasteiger partial charge < -0.3 is 9.55 Å². The molecule has 0 saturated carbocycles. The quantitative estimate of drug-likeness (QED) is 0.291. The van der Waals surface area contributed by atoms with Crippen molar-refractivity contribution in [3.63, 3.8) is 0 Å². The van der Waals surface area contributed by atoms with Gasteiger partial charge in [-0.1, -0.05) is 78.4 Å². The zero-order chi connectivity index (χ0) is 20.5. The third-order valence-electron chi connectivity index (χ3n) is 6.57. The van der Waals surface area contributed by atoms with Gasteiger partial charge in [-0.2, -0.15) is 0 Å². The van der Waals surface area contributed by atoms with Gasteiger partial charge in [0, 0.05) is 43.5 Å². The lowest BCUT2D eigenvalue weighted by Gasteiger charge is -2.11. The number of rotatable bonds is 1. The molecule has 31 heavy (non-hydrogen) atoms. The summed E-state index contributed by atoms with van der Waals surface area (Å²) in [6, 6.07) is 35.1. The highest BCUT2D eigenvalue weighted by molar-refractivity contribution is 6.36. The lowest BCUT2D eigenvalue weighted by Crippen LogP contribution is -1.94. The Labute approximate surface area is 179 Å². The van der Waals surface area contributed by atoms with E-state index in [4.69, 9.17) is 0 Å². The van der Waals surface area contributed by atoms with Crippen LogP contribution >= 0.6 is 0 Å². The van der Waals surface area contributed by atoms with Crippen LogP contribution in [-0.4, -0.2) is 9.55 Å². The summed E-state index contributed by atoms with van der Waals surface area (Å²) in [5.74, 6) is 0. The van der Waals surface area contributed by atoms with Gasteiger partial charge in [-0.3, -0.25) is 0 Å². The number of para-hydroxylation sites is 2. The molecule has 0 aliphatic heterocycles. The van der Waals surface area contributed by atoms with Crippen molar-refractivity contribution < 1.29 is 0 Å². The topological polar surface area (TPSA) is 20.7 Å². The molecule has 0 fully saturated rings. The number of aromatic amines is 1. The maximum Gasteiger partial charge on any atom is 0.0627 e. The van der Waals surface area contributed by atoms with Gasteiger partial charge in [0.15, 0.2) is 0 Å². The number of nitrogens with one attached hydrogen (secondary N) is 1. The highest BCUT2D eigenvalue weighted by Gasteiger charge is 2.20. The monoisotopic (exact) mass is 396 g/mol. The van der Waals surface area contributed by atoms with Gasteiger partial charge in [0.2, 0.25) is 0 Å². The average molecular weight is 396 g/mol. The normalized spacial score (nSPS) is 12.0. The van der Waals surface area contributed by atoms with Crippen molar-refractivity contribution in [3.05, 3.63) is 103 Å². The fourth-order valence-corrected chi connectivity index (χ4v) is 5.22. The van der Waals surface area contributed by atoms with E-state index in [1.807, 2.05) is 0 Å². The van der Waals surface area contributed by atoms with Crippen molar-refractivity contribution in [2.24, 2.45) is 0 Å². The predicted molar refractivity (Wildman–Crippen MR) is 132 cm³/mol. The van der Waals surface area contributed by atoms with Crippen molar-refractivity contribution in [1.29, 1.82) is 0 Å². The van der Waals surface area contributed by atoms with E-state index < -0.39 is 0 Å². The molecule has 0 aliphatic carbocycles. The molecule has 0 bridgehead atoms. The molecular weight excluding hydrogens is 376 g/mol. The van der Waals surface area contributed by atoms with Crippen LogP contribution in [0.3, 0.4) is 0 Å². The van der Waals surface area contributed by atoms with Gasteiger partial charge in [0.05, 0.1) is 16.6 Å². The first kappa shape index (κ1) is 16.7. The Morgan fingerprint density at radius 3 is 2.03 bits per heavy atom. The molecule has 0 unspecified atom stereocenters. The SMILES string of the molecule is Cc1ccc(-n2c3ccccc3c3c4c5ccccc5[nH]c4c4ccccc4c32)cc1. The van der Waals surface area contributed by atoms with Crippen LogP contribution in [0.1, 0.15) is 5.56 Å². The minimum atomic E-state index is 1.18. The van der Waals surface area contributed by atoms with E-state index >= 15 is 0 Å². The Hall–Kier alpha value is -4.04. The Morgan fingerprint density at radius 2 is 1.23 bits per heavy atom. The molecule has 2 heteroatoms. The number of H-pyrrole nitrogens is 1. The van der Waals surface area contributed by atoms with Gasteiger partial charge in [0.25, 0.3) is 0 Å².